The highest BCUT2D eigenvalue weighted by Gasteiger charge is 2.07. The molecule has 0 aromatic heterocycles. The molecule has 0 spiro atoms. The maximum atomic E-state index is 10.7. The smallest absolute Gasteiger partial charge is 0.407 e. The number of aliphatic hydroxyl groups excluding tert-OH is 1. The lowest BCUT2D eigenvalue weighted by Gasteiger charge is -2.15. The lowest BCUT2D eigenvalue weighted by molar-refractivity contribution is 0.104. The molecule has 124 valence electrons. The van der Waals surface area contributed by atoms with E-state index in [1.165, 1.54) is 4.90 Å². The lowest BCUT2D eigenvalue weighted by atomic mass is 10.1. The minimum Gasteiger partial charge on any atom is -0.491 e. The first kappa shape index (κ1) is 18.3. The molecule has 0 heterocycles. The fraction of sp³-hybridized carbons (Fsp3) is 0.562. The van der Waals surface area contributed by atoms with Crippen LogP contribution >= 0.6 is 0 Å². The van der Waals surface area contributed by atoms with Crippen LogP contribution in [0.3, 0.4) is 0 Å². The van der Waals surface area contributed by atoms with Gasteiger partial charge in [-0.3, -0.25) is 0 Å². The number of carbonyl (C=O) groups is 1. The van der Waals surface area contributed by atoms with Gasteiger partial charge in [-0.05, 0) is 24.1 Å². The monoisotopic (exact) mass is 310 g/mol. The summed E-state index contributed by atoms with van der Waals surface area (Å²) >= 11 is 0. The molecule has 3 N–H and O–H groups in total. The van der Waals surface area contributed by atoms with Crippen LogP contribution in [0.2, 0.25) is 0 Å². The van der Waals surface area contributed by atoms with Crippen molar-refractivity contribution in [2.45, 2.75) is 32.4 Å². The van der Waals surface area contributed by atoms with Crippen LogP contribution in [-0.2, 0) is 6.42 Å². The molecule has 6 heteroatoms. The number of likely N-dealkylation sites (N-methyl/N-ethyl adjacent to an activating group) is 1. The number of nitrogens with zero attached hydrogens (tertiary/aromatic N) is 1. The first-order valence-electron chi connectivity index (χ1n) is 7.45. The molecular weight excluding hydrogens is 284 g/mol. The number of nitrogens with one attached hydrogen (secondary N) is 1. The summed E-state index contributed by atoms with van der Waals surface area (Å²) in [5.41, 5.74) is 1.04. The summed E-state index contributed by atoms with van der Waals surface area (Å²) in [5.74, 6) is 0.693. The van der Waals surface area contributed by atoms with Crippen molar-refractivity contribution in [3.8, 4) is 5.75 Å². The van der Waals surface area contributed by atoms with Crippen molar-refractivity contribution in [2.75, 3.05) is 26.7 Å². The van der Waals surface area contributed by atoms with Gasteiger partial charge in [0, 0.05) is 26.2 Å². The van der Waals surface area contributed by atoms with Gasteiger partial charge in [-0.2, -0.15) is 0 Å². The number of aliphatic hydroxyl groups is 1. The fourth-order valence-corrected chi connectivity index (χ4v) is 1.77. The first-order valence-corrected chi connectivity index (χ1v) is 7.45. The molecule has 6 nitrogen and oxygen atoms in total. The van der Waals surface area contributed by atoms with Gasteiger partial charge in [0.2, 0.25) is 0 Å². The Morgan fingerprint density at radius 1 is 1.32 bits per heavy atom. The van der Waals surface area contributed by atoms with Gasteiger partial charge < -0.3 is 25.2 Å². The summed E-state index contributed by atoms with van der Waals surface area (Å²) < 4.78 is 5.52. The average molecular weight is 310 g/mol. The average Bonchev–Trinajstić information content (AvgIpc) is 2.49. The second kappa shape index (κ2) is 9.27. The number of rotatable bonds is 9. The maximum absolute atomic E-state index is 10.7. The SMILES string of the molecule is CC(C)NCC(O)COc1ccc(CCN(C)C(=O)O)cc1. The molecule has 1 unspecified atom stereocenters. The van der Waals surface area contributed by atoms with Gasteiger partial charge in [0.25, 0.3) is 0 Å². The van der Waals surface area contributed by atoms with Crippen molar-refractivity contribution in [2.24, 2.45) is 0 Å². The van der Waals surface area contributed by atoms with Crippen LogP contribution < -0.4 is 10.1 Å². The molecule has 0 aliphatic rings. The Morgan fingerprint density at radius 2 is 1.95 bits per heavy atom. The number of benzene rings is 1. The van der Waals surface area contributed by atoms with Crippen LogP contribution in [0.25, 0.3) is 0 Å². The highest BCUT2D eigenvalue weighted by atomic mass is 16.5. The van der Waals surface area contributed by atoms with Crippen molar-refractivity contribution in [1.29, 1.82) is 0 Å². The van der Waals surface area contributed by atoms with Crippen molar-refractivity contribution in [3.63, 3.8) is 0 Å². The van der Waals surface area contributed by atoms with E-state index in [1.54, 1.807) is 7.05 Å². The van der Waals surface area contributed by atoms with Gasteiger partial charge >= 0.3 is 6.09 Å². The van der Waals surface area contributed by atoms with Crippen LogP contribution in [0.1, 0.15) is 19.4 Å². The Morgan fingerprint density at radius 3 is 2.50 bits per heavy atom. The summed E-state index contributed by atoms with van der Waals surface area (Å²) in [6.45, 7) is 5.23. The van der Waals surface area contributed by atoms with E-state index in [1.807, 2.05) is 38.1 Å². The number of ether oxygens (including phenoxy) is 1. The molecule has 1 atom stereocenters. The van der Waals surface area contributed by atoms with Gasteiger partial charge in [0.1, 0.15) is 18.5 Å². The number of amides is 1. The molecule has 0 bridgehead atoms. The van der Waals surface area contributed by atoms with Crippen LogP contribution in [0.15, 0.2) is 24.3 Å². The summed E-state index contributed by atoms with van der Waals surface area (Å²) in [5, 5.41) is 21.7. The van der Waals surface area contributed by atoms with Gasteiger partial charge in [0.15, 0.2) is 0 Å². The number of hydrogen-bond donors (Lipinski definition) is 3. The Labute approximate surface area is 131 Å². The number of carboxylic acid groups (broad SMARTS) is 1. The molecule has 0 aliphatic carbocycles. The summed E-state index contributed by atoms with van der Waals surface area (Å²) in [4.78, 5) is 11.9. The predicted molar refractivity (Wildman–Crippen MR) is 85.4 cm³/mol. The molecule has 0 saturated carbocycles. The zero-order chi connectivity index (χ0) is 16.5. The molecular formula is C16H26N2O4. The zero-order valence-corrected chi connectivity index (χ0v) is 13.5. The Hall–Kier alpha value is -1.79. The quantitative estimate of drug-likeness (QED) is 0.645. The molecule has 1 aromatic carbocycles. The second-order valence-corrected chi connectivity index (χ2v) is 5.63. The normalized spacial score (nSPS) is 12.2. The third kappa shape index (κ3) is 7.28. The Balaban J connectivity index is 2.34. The first-order chi connectivity index (χ1) is 10.4. The molecule has 22 heavy (non-hydrogen) atoms. The van der Waals surface area contributed by atoms with E-state index in [4.69, 9.17) is 9.84 Å². The summed E-state index contributed by atoms with van der Waals surface area (Å²) in [6, 6.07) is 7.81. The minimum atomic E-state index is -0.927. The highest BCUT2D eigenvalue weighted by molar-refractivity contribution is 5.64. The van der Waals surface area contributed by atoms with E-state index in [-0.39, 0.29) is 6.61 Å². The molecule has 0 fully saturated rings. The summed E-state index contributed by atoms with van der Waals surface area (Å²) in [6.07, 6.45) is -0.820. The summed E-state index contributed by atoms with van der Waals surface area (Å²) in [7, 11) is 1.55. The second-order valence-electron chi connectivity index (χ2n) is 5.63. The Bertz CT molecular complexity index is 448. The van der Waals surface area contributed by atoms with E-state index in [9.17, 15) is 9.90 Å². The number of hydrogen-bond acceptors (Lipinski definition) is 4. The van der Waals surface area contributed by atoms with Crippen molar-refractivity contribution < 1.29 is 19.7 Å². The third-order valence-corrected chi connectivity index (χ3v) is 3.19. The zero-order valence-electron chi connectivity index (χ0n) is 13.5. The topological polar surface area (TPSA) is 82.0 Å². The van der Waals surface area contributed by atoms with Crippen LogP contribution in [0.5, 0.6) is 5.75 Å². The third-order valence-electron chi connectivity index (χ3n) is 3.19. The van der Waals surface area contributed by atoms with Gasteiger partial charge in [-0.15, -0.1) is 0 Å². The van der Waals surface area contributed by atoms with E-state index in [0.29, 0.717) is 31.3 Å². The van der Waals surface area contributed by atoms with Crippen molar-refractivity contribution in [3.05, 3.63) is 29.8 Å². The molecule has 0 saturated heterocycles. The Kier molecular flexibility index (Phi) is 7.70. The van der Waals surface area contributed by atoms with E-state index < -0.39 is 12.2 Å². The lowest BCUT2D eigenvalue weighted by Crippen LogP contribution is -2.35. The van der Waals surface area contributed by atoms with Gasteiger partial charge in [-0.1, -0.05) is 26.0 Å². The van der Waals surface area contributed by atoms with Gasteiger partial charge in [0.05, 0.1) is 0 Å². The standard InChI is InChI=1S/C16H26N2O4/c1-12(2)17-10-14(19)11-22-15-6-4-13(5-7-15)8-9-18(3)16(20)21/h4-7,12,14,17,19H,8-11H2,1-3H3,(H,20,21). The van der Waals surface area contributed by atoms with Crippen molar-refractivity contribution in [1.82, 2.24) is 10.2 Å². The largest absolute Gasteiger partial charge is 0.491 e. The molecule has 1 aromatic rings. The maximum Gasteiger partial charge on any atom is 0.407 e. The molecule has 1 rings (SSSR count). The van der Waals surface area contributed by atoms with Gasteiger partial charge in [-0.25, -0.2) is 4.79 Å². The van der Waals surface area contributed by atoms with E-state index >= 15 is 0 Å². The highest BCUT2D eigenvalue weighted by Crippen LogP contribution is 2.13. The van der Waals surface area contributed by atoms with Crippen LogP contribution in [0, 0.1) is 0 Å². The minimum absolute atomic E-state index is 0.237. The van der Waals surface area contributed by atoms with Crippen LogP contribution in [-0.4, -0.2) is 60.1 Å². The molecule has 0 aliphatic heterocycles. The molecule has 0 radical (unpaired) electrons. The molecule has 1 amide bonds. The predicted octanol–water partition coefficient (Wildman–Crippen LogP) is 1.58. The van der Waals surface area contributed by atoms with E-state index in [0.717, 1.165) is 5.56 Å². The van der Waals surface area contributed by atoms with E-state index in [2.05, 4.69) is 5.32 Å². The van der Waals surface area contributed by atoms with Crippen molar-refractivity contribution >= 4 is 6.09 Å². The fourth-order valence-electron chi connectivity index (χ4n) is 1.77. The van der Waals surface area contributed by atoms with Crippen LogP contribution in [0.4, 0.5) is 4.79 Å².